The number of H-pyrrole nitrogens is 1. The van der Waals surface area contributed by atoms with Crippen LogP contribution in [-0.4, -0.2) is 16.7 Å². The average Bonchev–Trinajstić information content (AvgIpc) is 3.16. The molecule has 4 nitrogen and oxygen atoms in total. The Labute approximate surface area is 166 Å². The first-order valence-corrected chi connectivity index (χ1v) is 9.13. The summed E-state index contributed by atoms with van der Waals surface area (Å²) < 4.78 is 5.65. The lowest BCUT2D eigenvalue weighted by atomic mass is 9.99. The topological polar surface area (TPSA) is 59.2 Å². The number of rotatable bonds is 5. The predicted octanol–water partition coefficient (Wildman–Crippen LogP) is 5.60. The van der Waals surface area contributed by atoms with Crippen LogP contribution in [-0.2, 0) is 4.74 Å². The fraction of sp³-hybridized carbons (Fsp3) is 0.0435. The Kier molecular flexibility index (Phi) is 4.96. The molecule has 0 saturated heterocycles. The molecule has 138 valence electrons. The van der Waals surface area contributed by atoms with E-state index in [1.165, 1.54) is 6.07 Å². The Hall–Kier alpha value is -3.37. The van der Waals surface area contributed by atoms with Gasteiger partial charge in [-0.15, -0.1) is 0 Å². The van der Waals surface area contributed by atoms with Crippen LogP contribution in [0.15, 0.2) is 85.1 Å². The van der Waals surface area contributed by atoms with E-state index in [-0.39, 0.29) is 5.78 Å². The molecular formula is C23H16ClNO3. The fourth-order valence-electron chi connectivity index (χ4n) is 3.11. The van der Waals surface area contributed by atoms with E-state index in [0.717, 1.165) is 10.9 Å². The molecule has 0 amide bonds. The second kappa shape index (κ2) is 7.71. The van der Waals surface area contributed by atoms with Crippen LogP contribution in [0.1, 0.15) is 32.4 Å². The van der Waals surface area contributed by atoms with Crippen molar-refractivity contribution >= 4 is 34.3 Å². The van der Waals surface area contributed by atoms with Gasteiger partial charge in [0.05, 0.1) is 5.56 Å². The third kappa shape index (κ3) is 3.55. The first kappa shape index (κ1) is 18.0. The van der Waals surface area contributed by atoms with E-state index in [1.807, 2.05) is 30.3 Å². The van der Waals surface area contributed by atoms with E-state index in [0.29, 0.717) is 21.7 Å². The number of Topliss-reactive ketones (excluding diaryl/α,β-unsaturated/α-hetero) is 1. The zero-order chi connectivity index (χ0) is 19.5. The summed E-state index contributed by atoms with van der Waals surface area (Å²) in [7, 11) is 0. The number of benzene rings is 3. The van der Waals surface area contributed by atoms with Crippen molar-refractivity contribution in [2.24, 2.45) is 0 Å². The number of hydrogen-bond acceptors (Lipinski definition) is 3. The second-order valence-electron chi connectivity index (χ2n) is 6.32. The number of aromatic amines is 1. The molecular weight excluding hydrogens is 374 g/mol. The van der Waals surface area contributed by atoms with Crippen molar-refractivity contribution in [3.8, 4) is 0 Å². The molecule has 3 aromatic carbocycles. The van der Waals surface area contributed by atoms with Crippen molar-refractivity contribution in [1.29, 1.82) is 0 Å². The van der Waals surface area contributed by atoms with Crippen molar-refractivity contribution in [1.82, 2.24) is 4.98 Å². The Morgan fingerprint density at radius 3 is 2.43 bits per heavy atom. The summed E-state index contributed by atoms with van der Waals surface area (Å²) in [4.78, 5) is 29.1. The zero-order valence-corrected chi connectivity index (χ0v) is 15.5. The lowest BCUT2D eigenvalue weighted by molar-refractivity contribution is 0.0280. The minimum Gasteiger partial charge on any atom is -0.445 e. The summed E-state index contributed by atoms with van der Waals surface area (Å²) in [5.74, 6) is -0.899. The minimum absolute atomic E-state index is 0.292. The van der Waals surface area contributed by atoms with Gasteiger partial charge in [-0.2, -0.15) is 0 Å². The third-order valence-corrected chi connectivity index (χ3v) is 4.72. The maximum absolute atomic E-state index is 13.3. The molecule has 1 atom stereocenters. The molecule has 0 saturated carbocycles. The average molecular weight is 390 g/mol. The molecule has 1 aromatic heterocycles. The van der Waals surface area contributed by atoms with Gasteiger partial charge in [0.15, 0.2) is 6.10 Å². The normalized spacial score (nSPS) is 11.9. The number of nitrogens with one attached hydrogen (secondary N) is 1. The predicted molar refractivity (Wildman–Crippen MR) is 109 cm³/mol. The summed E-state index contributed by atoms with van der Waals surface area (Å²) in [5, 5.41) is 1.21. The van der Waals surface area contributed by atoms with Crippen LogP contribution in [0.3, 0.4) is 0 Å². The van der Waals surface area contributed by atoms with Gasteiger partial charge in [0.1, 0.15) is 0 Å². The molecule has 1 heterocycles. The van der Waals surface area contributed by atoms with Gasteiger partial charge >= 0.3 is 5.97 Å². The highest BCUT2D eigenvalue weighted by molar-refractivity contribution is 6.30. The number of ketones is 1. The molecule has 0 radical (unpaired) electrons. The van der Waals surface area contributed by atoms with E-state index in [4.69, 9.17) is 16.3 Å². The van der Waals surface area contributed by atoms with Crippen LogP contribution >= 0.6 is 11.6 Å². The SMILES string of the molecule is O=C(OC(C(=O)c1c[nH]c2ccccc12)c1ccccc1)c1cccc(Cl)c1. The molecule has 28 heavy (non-hydrogen) atoms. The number of fused-ring (bicyclic) bond motifs is 1. The molecule has 0 fully saturated rings. The van der Waals surface area contributed by atoms with Gasteiger partial charge < -0.3 is 9.72 Å². The van der Waals surface area contributed by atoms with E-state index in [2.05, 4.69) is 4.98 Å². The molecule has 1 N–H and O–H groups in total. The summed E-state index contributed by atoms with van der Waals surface area (Å²) >= 11 is 5.97. The third-order valence-electron chi connectivity index (χ3n) is 4.48. The van der Waals surface area contributed by atoms with Gasteiger partial charge in [-0.05, 0) is 24.3 Å². The second-order valence-corrected chi connectivity index (χ2v) is 6.75. The Morgan fingerprint density at radius 2 is 1.64 bits per heavy atom. The van der Waals surface area contributed by atoms with E-state index in [9.17, 15) is 9.59 Å². The van der Waals surface area contributed by atoms with Crippen LogP contribution in [0.5, 0.6) is 0 Å². The summed E-state index contributed by atoms with van der Waals surface area (Å²) in [6.07, 6.45) is 0.586. The minimum atomic E-state index is -1.06. The molecule has 4 rings (SSSR count). The smallest absolute Gasteiger partial charge is 0.339 e. The Balaban J connectivity index is 1.72. The van der Waals surface area contributed by atoms with Gasteiger partial charge in [0.25, 0.3) is 0 Å². The molecule has 4 aromatic rings. The first-order valence-electron chi connectivity index (χ1n) is 8.75. The van der Waals surface area contributed by atoms with E-state index < -0.39 is 12.1 Å². The van der Waals surface area contributed by atoms with Crippen molar-refractivity contribution < 1.29 is 14.3 Å². The maximum Gasteiger partial charge on any atom is 0.339 e. The molecule has 5 heteroatoms. The number of ether oxygens (including phenoxy) is 1. The highest BCUT2D eigenvalue weighted by atomic mass is 35.5. The summed E-state index contributed by atoms with van der Waals surface area (Å²) in [6.45, 7) is 0. The number of carbonyl (C=O) groups excluding carboxylic acids is 2. The Bertz CT molecular complexity index is 1150. The fourth-order valence-corrected chi connectivity index (χ4v) is 3.30. The van der Waals surface area contributed by atoms with Crippen LogP contribution in [0.25, 0.3) is 10.9 Å². The van der Waals surface area contributed by atoms with Gasteiger partial charge in [-0.25, -0.2) is 4.79 Å². The standard InChI is InChI=1S/C23H16ClNO3/c24-17-10-6-9-16(13-17)23(27)28-22(15-7-2-1-3-8-15)21(26)19-14-25-20-12-5-4-11-18(19)20/h1-14,22,25H. The van der Waals surface area contributed by atoms with Gasteiger partial charge in [0, 0.05) is 33.2 Å². The lowest BCUT2D eigenvalue weighted by Crippen LogP contribution is -2.20. The monoisotopic (exact) mass is 389 g/mol. The van der Waals surface area contributed by atoms with Crippen molar-refractivity contribution in [2.45, 2.75) is 6.10 Å². The molecule has 0 bridgehead atoms. The largest absolute Gasteiger partial charge is 0.445 e. The van der Waals surface area contributed by atoms with Crippen molar-refractivity contribution in [2.75, 3.05) is 0 Å². The van der Waals surface area contributed by atoms with Crippen molar-refractivity contribution in [3.05, 3.63) is 107 Å². The number of aromatic nitrogens is 1. The zero-order valence-electron chi connectivity index (χ0n) is 14.8. The summed E-state index contributed by atoms with van der Waals surface area (Å²) in [5.41, 5.74) is 2.22. The molecule has 0 aliphatic heterocycles. The number of para-hydroxylation sites is 1. The van der Waals surface area contributed by atoms with E-state index in [1.54, 1.807) is 48.7 Å². The van der Waals surface area contributed by atoms with Crippen LogP contribution in [0, 0.1) is 0 Å². The van der Waals surface area contributed by atoms with Crippen molar-refractivity contribution in [3.63, 3.8) is 0 Å². The van der Waals surface area contributed by atoms with Crippen LogP contribution in [0.2, 0.25) is 5.02 Å². The van der Waals surface area contributed by atoms with Crippen LogP contribution < -0.4 is 0 Å². The molecule has 0 spiro atoms. The Morgan fingerprint density at radius 1 is 0.893 bits per heavy atom. The molecule has 0 aliphatic carbocycles. The number of carbonyl (C=O) groups is 2. The quantitative estimate of drug-likeness (QED) is 0.357. The highest BCUT2D eigenvalue weighted by Crippen LogP contribution is 2.28. The maximum atomic E-state index is 13.3. The number of hydrogen-bond donors (Lipinski definition) is 1. The molecule has 1 unspecified atom stereocenters. The number of esters is 1. The van der Waals surface area contributed by atoms with Crippen LogP contribution in [0.4, 0.5) is 0 Å². The van der Waals surface area contributed by atoms with Gasteiger partial charge in [0.2, 0.25) is 5.78 Å². The van der Waals surface area contributed by atoms with Gasteiger partial charge in [-0.1, -0.05) is 66.2 Å². The molecule has 0 aliphatic rings. The first-order chi connectivity index (χ1) is 13.6. The van der Waals surface area contributed by atoms with Gasteiger partial charge in [-0.3, -0.25) is 4.79 Å². The highest BCUT2D eigenvalue weighted by Gasteiger charge is 2.28. The lowest BCUT2D eigenvalue weighted by Gasteiger charge is -2.17. The van der Waals surface area contributed by atoms with E-state index >= 15 is 0 Å². The number of halogens is 1. The summed E-state index contributed by atoms with van der Waals surface area (Å²) in [6, 6.07) is 22.9.